The molecular weight excluding hydrogens is 296 g/mol. The van der Waals surface area contributed by atoms with Gasteiger partial charge >= 0.3 is 0 Å². The highest BCUT2D eigenvalue weighted by Gasteiger charge is 2.46. The summed E-state index contributed by atoms with van der Waals surface area (Å²) in [6.45, 7) is 7.47. The monoisotopic (exact) mass is 318 g/mol. The van der Waals surface area contributed by atoms with Crippen LogP contribution in [0.5, 0.6) is 0 Å². The molecule has 2 aliphatic heterocycles. The van der Waals surface area contributed by atoms with Crippen LogP contribution in [0.1, 0.15) is 41.5 Å². The topological polar surface area (TPSA) is 106 Å². The second-order valence-electron chi connectivity index (χ2n) is 6.14. The highest BCUT2D eigenvalue weighted by molar-refractivity contribution is 6.07. The van der Waals surface area contributed by atoms with Crippen molar-refractivity contribution in [2.75, 3.05) is 13.1 Å². The molecule has 3 rings (SSSR count). The Morgan fingerprint density at radius 3 is 2.48 bits per heavy atom. The Morgan fingerprint density at radius 1 is 1.35 bits per heavy atom. The number of nitrogens with zero attached hydrogens (tertiary/aromatic N) is 4. The van der Waals surface area contributed by atoms with Crippen LogP contribution in [0.2, 0.25) is 0 Å². The van der Waals surface area contributed by atoms with Gasteiger partial charge in [0, 0.05) is 25.3 Å². The van der Waals surface area contributed by atoms with E-state index in [2.05, 4.69) is 15.4 Å². The van der Waals surface area contributed by atoms with Crippen molar-refractivity contribution in [1.29, 1.82) is 0 Å². The first-order chi connectivity index (χ1) is 10.9. The van der Waals surface area contributed by atoms with Gasteiger partial charge in [-0.15, -0.1) is 0 Å². The summed E-state index contributed by atoms with van der Waals surface area (Å²) in [5.41, 5.74) is 7.11. The van der Waals surface area contributed by atoms with Gasteiger partial charge in [-0.05, 0) is 33.6 Å². The van der Waals surface area contributed by atoms with Crippen molar-refractivity contribution < 1.29 is 9.59 Å². The van der Waals surface area contributed by atoms with Crippen LogP contribution >= 0.6 is 0 Å². The molecule has 0 radical (unpaired) electrons. The minimum absolute atomic E-state index is 0.0232. The molecule has 0 aliphatic carbocycles. The van der Waals surface area contributed by atoms with E-state index in [4.69, 9.17) is 5.73 Å². The highest BCUT2D eigenvalue weighted by atomic mass is 16.2. The number of amides is 2. The van der Waals surface area contributed by atoms with Crippen molar-refractivity contribution in [3.05, 3.63) is 17.0 Å². The molecule has 1 fully saturated rings. The fraction of sp³-hybridized carbons (Fsp3) is 0.600. The number of nitrogens with one attached hydrogen (secondary N) is 1. The second kappa shape index (κ2) is 5.36. The lowest BCUT2D eigenvalue weighted by atomic mass is 9.87. The van der Waals surface area contributed by atoms with Crippen LogP contribution in [0.25, 0.3) is 0 Å². The third-order valence-corrected chi connectivity index (χ3v) is 4.77. The normalized spacial score (nSPS) is 19.9. The molecule has 3 heterocycles. The number of hydrogen-bond acceptors (Lipinski definition) is 5. The first kappa shape index (κ1) is 15.5. The lowest BCUT2D eigenvalue weighted by Gasteiger charge is -2.35. The SMILES string of the molecule is CCn1nc(C)c(C(=O)N2CCC3(CC2)N=C(N)NC3=O)c1C. The van der Waals surface area contributed by atoms with Crippen LogP contribution in [-0.4, -0.2) is 51.1 Å². The Morgan fingerprint density at radius 2 is 2.00 bits per heavy atom. The van der Waals surface area contributed by atoms with Crippen LogP contribution in [-0.2, 0) is 11.3 Å². The Hall–Kier alpha value is -2.38. The van der Waals surface area contributed by atoms with Gasteiger partial charge in [-0.3, -0.25) is 19.6 Å². The number of rotatable bonds is 2. The first-order valence-corrected chi connectivity index (χ1v) is 7.88. The fourth-order valence-corrected chi connectivity index (χ4v) is 3.43. The molecule has 124 valence electrons. The van der Waals surface area contributed by atoms with E-state index >= 15 is 0 Å². The number of hydrogen-bond donors (Lipinski definition) is 2. The molecule has 0 saturated carbocycles. The van der Waals surface area contributed by atoms with E-state index in [-0.39, 0.29) is 17.8 Å². The smallest absolute Gasteiger partial charge is 0.257 e. The fourth-order valence-electron chi connectivity index (χ4n) is 3.43. The van der Waals surface area contributed by atoms with Gasteiger partial charge in [0.15, 0.2) is 5.96 Å². The van der Waals surface area contributed by atoms with Gasteiger partial charge in [0.25, 0.3) is 11.8 Å². The van der Waals surface area contributed by atoms with Gasteiger partial charge in [0.05, 0.1) is 11.3 Å². The van der Waals surface area contributed by atoms with E-state index in [1.165, 1.54) is 0 Å². The van der Waals surface area contributed by atoms with Gasteiger partial charge in [-0.25, -0.2) is 4.99 Å². The van der Waals surface area contributed by atoms with Crippen LogP contribution in [0.3, 0.4) is 0 Å². The number of piperidine rings is 1. The molecular formula is C15H22N6O2. The molecule has 0 unspecified atom stereocenters. The third kappa shape index (κ3) is 2.38. The van der Waals surface area contributed by atoms with Gasteiger partial charge < -0.3 is 10.6 Å². The number of aromatic nitrogens is 2. The Kier molecular flexibility index (Phi) is 3.62. The van der Waals surface area contributed by atoms with E-state index in [0.29, 0.717) is 31.5 Å². The van der Waals surface area contributed by atoms with Gasteiger partial charge in [-0.2, -0.15) is 5.10 Å². The number of nitrogens with two attached hydrogens (primary N) is 1. The summed E-state index contributed by atoms with van der Waals surface area (Å²) in [5.74, 6) is -0.0103. The number of carbonyl (C=O) groups excluding carboxylic acids is 2. The minimum Gasteiger partial charge on any atom is -0.370 e. The summed E-state index contributed by atoms with van der Waals surface area (Å²) in [4.78, 5) is 30.9. The standard InChI is InChI=1S/C15H22N6O2/c1-4-21-10(3)11(9(2)19-21)12(22)20-7-5-15(6-8-20)13(23)17-14(16)18-15/h4-8H2,1-3H3,(H3,16,17,18,23). The average molecular weight is 318 g/mol. The van der Waals surface area contributed by atoms with Crippen molar-refractivity contribution in [2.45, 2.75) is 45.7 Å². The Balaban J connectivity index is 1.77. The van der Waals surface area contributed by atoms with Gasteiger partial charge in [-0.1, -0.05) is 0 Å². The van der Waals surface area contributed by atoms with Crippen molar-refractivity contribution >= 4 is 17.8 Å². The lowest BCUT2D eigenvalue weighted by molar-refractivity contribution is -0.125. The maximum absolute atomic E-state index is 12.8. The summed E-state index contributed by atoms with van der Waals surface area (Å²) in [7, 11) is 0. The molecule has 2 amide bonds. The zero-order valence-electron chi connectivity index (χ0n) is 13.7. The van der Waals surface area contributed by atoms with E-state index in [1.807, 2.05) is 25.5 Å². The average Bonchev–Trinajstić information content (AvgIpc) is 2.95. The summed E-state index contributed by atoms with van der Waals surface area (Å²) >= 11 is 0. The summed E-state index contributed by atoms with van der Waals surface area (Å²) < 4.78 is 1.84. The van der Waals surface area contributed by atoms with Crippen LogP contribution < -0.4 is 11.1 Å². The quantitative estimate of drug-likeness (QED) is 0.796. The molecule has 0 aromatic carbocycles. The predicted octanol–water partition coefficient (Wildman–Crippen LogP) is -0.0609. The molecule has 8 heteroatoms. The summed E-state index contributed by atoms with van der Waals surface area (Å²) in [6, 6.07) is 0. The Bertz CT molecular complexity index is 697. The molecule has 2 aliphatic rings. The molecule has 1 aromatic heterocycles. The second-order valence-corrected chi connectivity index (χ2v) is 6.14. The van der Waals surface area contributed by atoms with Crippen LogP contribution in [0, 0.1) is 13.8 Å². The molecule has 0 bridgehead atoms. The maximum Gasteiger partial charge on any atom is 0.257 e. The van der Waals surface area contributed by atoms with Gasteiger partial charge in [0.2, 0.25) is 0 Å². The number of guanidine groups is 1. The molecule has 0 atom stereocenters. The molecule has 3 N–H and O–H groups in total. The Labute approximate surface area is 134 Å². The predicted molar refractivity (Wildman–Crippen MR) is 85.0 cm³/mol. The van der Waals surface area contributed by atoms with Crippen molar-refractivity contribution in [1.82, 2.24) is 20.0 Å². The first-order valence-electron chi connectivity index (χ1n) is 7.88. The van der Waals surface area contributed by atoms with Crippen molar-refractivity contribution in [3.8, 4) is 0 Å². The number of aryl methyl sites for hydroxylation is 2. The van der Waals surface area contributed by atoms with E-state index in [1.54, 1.807) is 4.90 Å². The number of carbonyl (C=O) groups is 2. The molecule has 8 nitrogen and oxygen atoms in total. The van der Waals surface area contributed by atoms with Crippen molar-refractivity contribution in [2.24, 2.45) is 10.7 Å². The summed E-state index contributed by atoms with van der Waals surface area (Å²) in [5, 5.41) is 6.96. The van der Waals surface area contributed by atoms with Crippen LogP contribution in [0.15, 0.2) is 4.99 Å². The van der Waals surface area contributed by atoms with Crippen LogP contribution in [0.4, 0.5) is 0 Å². The zero-order valence-corrected chi connectivity index (χ0v) is 13.7. The lowest BCUT2D eigenvalue weighted by Crippen LogP contribution is -2.50. The van der Waals surface area contributed by atoms with E-state index < -0.39 is 5.54 Å². The van der Waals surface area contributed by atoms with Gasteiger partial charge in [0.1, 0.15) is 5.54 Å². The molecule has 1 aromatic rings. The summed E-state index contributed by atoms with van der Waals surface area (Å²) in [6.07, 6.45) is 0.983. The van der Waals surface area contributed by atoms with E-state index in [9.17, 15) is 9.59 Å². The van der Waals surface area contributed by atoms with Crippen molar-refractivity contribution in [3.63, 3.8) is 0 Å². The minimum atomic E-state index is -0.793. The highest BCUT2D eigenvalue weighted by Crippen LogP contribution is 2.30. The molecule has 1 saturated heterocycles. The third-order valence-electron chi connectivity index (χ3n) is 4.77. The molecule has 23 heavy (non-hydrogen) atoms. The number of aliphatic imine (C=N–C) groups is 1. The molecule has 1 spiro atoms. The zero-order chi connectivity index (χ0) is 16.8. The largest absolute Gasteiger partial charge is 0.370 e. The van der Waals surface area contributed by atoms with E-state index in [0.717, 1.165) is 17.9 Å². The maximum atomic E-state index is 12.8. The number of likely N-dealkylation sites (tertiary alicyclic amines) is 1.